The molecule has 112 valence electrons. The molecule has 0 aliphatic heterocycles. The van der Waals surface area contributed by atoms with Crippen LogP contribution in [0.5, 0.6) is 0 Å². The van der Waals surface area contributed by atoms with Crippen LogP contribution in [0.2, 0.25) is 0 Å². The zero-order valence-electron chi connectivity index (χ0n) is 11.8. The molecule has 1 aromatic rings. The Morgan fingerprint density at radius 2 is 1.75 bits per heavy atom. The van der Waals surface area contributed by atoms with Crippen LogP contribution in [0.4, 0.5) is 0 Å². The van der Waals surface area contributed by atoms with E-state index in [1.54, 1.807) is 0 Å². The second kappa shape index (κ2) is 8.55. The van der Waals surface area contributed by atoms with Crippen molar-refractivity contribution < 1.29 is 9.59 Å². The third kappa shape index (κ3) is 7.11. The highest BCUT2D eigenvalue weighted by atomic mass is 35.5. The number of nitrogens with two attached hydrogens (primary N) is 1. The van der Waals surface area contributed by atoms with Gasteiger partial charge >= 0.3 is 0 Å². The highest BCUT2D eigenvalue weighted by Crippen LogP contribution is 1.99. The highest BCUT2D eigenvalue weighted by molar-refractivity contribution is 5.86. The number of halogens is 1. The number of carbonyl (C=O) groups excluding carboxylic acids is 2. The molecule has 1 rings (SSSR count). The van der Waals surface area contributed by atoms with Crippen LogP contribution in [0.25, 0.3) is 0 Å². The fourth-order valence-electron chi connectivity index (χ4n) is 1.50. The summed E-state index contributed by atoms with van der Waals surface area (Å²) in [4.78, 5) is 23.2. The molecule has 0 bridgehead atoms. The van der Waals surface area contributed by atoms with E-state index in [1.165, 1.54) is 0 Å². The van der Waals surface area contributed by atoms with Crippen LogP contribution in [-0.4, -0.2) is 30.4 Å². The van der Waals surface area contributed by atoms with Crippen LogP contribution in [0, 0.1) is 0 Å². The van der Waals surface area contributed by atoms with E-state index in [0.29, 0.717) is 6.54 Å². The van der Waals surface area contributed by atoms with Gasteiger partial charge in [-0.15, -0.1) is 12.4 Å². The van der Waals surface area contributed by atoms with Gasteiger partial charge in [0.15, 0.2) is 0 Å². The van der Waals surface area contributed by atoms with Crippen LogP contribution >= 0.6 is 12.4 Å². The Balaban J connectivity index is 0.00000361. The van der Waals surface area contributed by atoms with Gasteiger partial charge in [-0.3, -0.25) is 9.59 Å². The van der Waals surface area contributed by atoms with E-state index >= 15 is 0 Å². The summed E-state index contributed by atoms with van der Waals surface area (Å²) in [6, 6.07) is 9.39. The minimum Gasteiger partial charge on any atom is -0.348 e. The number of amides is 2. The summed E-state index contributed by atoms with van der Waals surface area (Å²) in [6.07, 6.45) is 0.272. The maximum Gasteiger partial charge on any atom is 0.239 e. The molecule has 4 N–H and O–H groups in total. The molecular formula is C14H22ClN3O2. The molecule has 0 fully saturated rings. The average Bonchev–Trinajstić information content (AvgIpc) is 2.37. The number of carbonyl (C=O) groups is 2. The maximum absolute atomic E-state index is 11.6. The molecule has 5 nitrogen and oxygen atoms in total. The van der Waals surface area contributed by atoms with Gasteiger partial charge in [-0.25, -0.2) is 0 Å². The Labute approximate surface area is 125 Å². The van der Waals surface area contributed by atoms with E-state index < -0.39 is 5.54 Å². The lowest BCUT2D eigenvalue weighted by Crippen LogP contribution is -2.51. The first-order chi connectivity index (χ1) is 8.93. The first-order valence-electron chi connectivity index (χ1n) is 6.24. The molecular weight excluding hydrogens is 278 g/mol. The topological polar surface area (TPSA) is 84.2 Å². The van der Waals surface area contributed by atoms with Gasteiger partial charge in [0.2, 0.25) is 11.8 Å². The van der Waals surface area contributed by atoms with E-state index in [9.17, 15) is 9.59 Å². The molecule has 0 radical (unpaired) electrons. The lowest BCUT2D eigenvalue weighted by Gasteiger charge is -2.24. The molecule has 1 aromatic carbocycles. The van der Waals surface area contributed by atoms with Gasteiger partial charge in [-0.1, -0.05) is 30.3 Å². The van der Waals surface area contributed by atoms with Gasteiger partial charge in [0.1, 0.15) is 0 Å². The quantitative estimate of drug-likeness (QED) is 0.720. The van der Waals surface area contributed by atoms with Gasteiger partial charge in [-0.05, 0) is 19.4 Å². The van der Waals surface area contributed by atoms with Gasteiger partial charge in [0, 0.05) is 12.1 Å². The summed E-state index contributed by atoms with van der Waals surface area (Å²) in [5.74, 6) is -0.413. The van der Waals surface area contributed by atoms with Crippen LogP contribution < -0.4 is 16.4 Å². The number of rotatable bonds is 6. The van der Waals surface area contributed by atoms with Crippen molar-refractivity contribution in [2.45, 2.75) is 25.8 Å². The van der Waals surface area contributed by atoms with Crippen molar-refractivity contribution in [3.8, 4) is 0 Å². The number of hydrogen-bond acceptors (Lipinski definition) is 3. The lowest BCUT2D eigenvalue weighted by atomic mass is 10.1. The third-order valence-electron chi connectivity index (χ3n) is 2.64. The number of benzene rings is 1. The second-order valence-electron chi connectivity index (χ2n) is 5.08. The summed E-state index contributed by atoms with van der Waals surface area (Å²) in [7, 11) is 0. The number of nitrogens with one attached hydrogen (secondary N) is 2. The molecule has 0 aliphatic rings. The summed E-state index contributed by atoms with van der Waals surface area (Å²) < 4.78 is 0. The van der Waals surface area contributed by atoms with Crippen molar-refractivity contribution >= 4 is 24.2 Å². The van der Waals surface area contributed by atoms with Gasteiger partial charge < -0.3 is 16.4 Å². The van der Waals surface area contributed by atoms with E-state index in [2.05, 4.69) is 10.6 Å². The average molecular weight is 300 g/mol. The molecule has 0 heterocycles. The smallest absolute Gasteiger partial charge is 0.239 e. The largest absolute Gasteiger partial charge is 0.348 e. The first kappa shape index (κ1) is 18.4. The molecule has 20 heavy (non-hydrogen) atoms. The van der Waals surface area contributed by atoms with Crippen LogP contribution in [0.3, 0.4) is 0 Å². The van der Waals surface area contributed by atoms with Gasteiger partial charge in [0.05, 0.1) is 13.0 Å². The van der Waals surface area contributed by atoms with Gasteiger partial charge in [-0.2, -0.15) is 0 Å². The normalized spacial score (nSPS) is 10.3. The monoisotopic (exact) mass is 299 g/mol. The maximum atomic E-state index is 11.6. The Hall–Kier alpha value is -1.59. The third-order valence-corrected chi connectivity index (χ3v) is 2.64. The Morgan fingerprint density at radius 1 is 1.15 bits per heavy atom. The molecule has 2 amide bonds. The van der Waals surface area contributed by atoms with Crippen molar-refractivity contribution in [3.63, 3.8) is 0 Å². The summed E-state index contributed by atoms with van der Waals surface area (Å²) in [5.41, 5.74) is 5.97. The Morgan fingerprint density at radius 3 is 2.30 bits per heavy atom. The van der Waals surface area contributed by atoms with Crippen molar-refractivity contribution in [3.05, 3.63) is 35.9 Å². The zero-order chi connectivity index (χ0) is 14.3. The van der Waals surface area contributed by atoms with Crippen LogP contribution in [0.1, 0.15) is 19.4 Å². The molecule has 6 heteroatoms. The predicted octanol–water partition coefficient (Wildman–Crippen LogP) is 0.621. The fourth-order valence-corrected chi connectivity index (χ4v) is 1.50. The summed E-state index contributed by atoms with van der Waals surface area (Å²) >= 11 is 0. The van der Waals surface area contributed by atoms with Gasteiger partial charge in [0.25, 0.3) is 0 Å². The predicted molar refractivity (Wildman–Crippen MR) is 81.7 cm³/mol. The summed E-state index contributed by atoms with van der Waals surface area (Å²) in [5, 5.41) is 5.33. The summed E-state index contributed by atoms with van der Waals surface area (Å²) in [6.45, 7) is 3.97. The Bertz CT molecular complexity index is 435. The van der Waals surface area contributed by atoms with E-state index in [0.717, 1.165) is 5.56 Å². The highest BCUT2D eigenvalue weighted by Gasteiger charge is 2.18. The SMILES string of the molecule is CC(C)(CN)NC(=O)CNC(=O)Cc1ccccc1.Cl. The molecule has 0 aromatic heterocycles. The molecule has 0 saturated carbocycles. The van der Waals surface area contributed by atoms with Crippen molar-refractivity contribution in [2.75, 3.05) is 13.1 Å². The van der Waals surface area contributed by atoms with E-state index in [4.69, 9.17) is 5.73 Å². The van der Waals surface area contributed by atoms with Crippen molar-refractivity contribution in [1.82, 2.24) is 10.6 Å². The van der Waals surface area contributed by atoms with E-state index in [1.807, 2.05) is 44.2 Å². The molecule has 0 saturated heterocycles. The minimum absolute atomic E-state index is 0. The molecule has 0 atom stereocenters. The van der Waals surface area contributed by atoms with E-state index in [-0.39, 0.29) is 37.2 Å². The zero-order valence-corrected chi connectivity index (χ0v) is 12.6. The Kier molecular flexibility index (Phi) is 7.87. The lowest BCUT2D eigenvalue weighted by molar-refractivity contribution is -0.126. The molecule has 0 spiro atoms. The van der Waals surface area contributed by atoms with Crippen LogP contribution in [-0.2, 0) is 16.0 Å². The fraction of sp³-hybridized carbons (Fsp3) is 0.429. The second-order valence-corrected chi connectivity index (χ2v) is 5.08. The standard InChI is InChI=1S/C14H21N3O2.ClH/c1-14(2,10-15)17-13(19)9-16-12(18)8-11-6-4-3-5-7-11;/h3-7H,8-10,15H2,1-2H3,(H,16,18)(H,17,19);1H. The van der Waals surface area contributed by atoms with Crippen molar-refractivity contribution in [1.29, 1.82) is 0 Å². The molecule has 0 aliphatic carbocycles. The van der Waals surface area contributed by atoms with Crippen LogP contribution in [0.15, 0.2) is 30.3 Å². The minimum atomic E-state index is -0.457. The molecule has 0 unspecified atom stereocenters. The first-order valence-corrected chi connectivity index (χ1v) is 6.24. The van der Waals surface area contributed by atoms with Crippen molar-refractivity contribution in [2.24, 2.45) is 5.73 Å². The number of hydrogen-bond donors (Lipinski definition) is 3.